The summed E-state index contributed by atoms with van der Waals surface area (Å²) in [4.78, 5) is 24.1. The lowest BCUT2D eigenvalue weighted by molar-refractivity contribution is -0.140. The van der Waals surface area contributed by atoms with Crippen LogP contribution in [-0.2, 0) is 4.79 Å². The third kappa shape index (κ3) is 3.87. The minimum Gasteiger partial charge on any atom is -0.480 e. The predicted molar refractivity (Wildman–Crippen MR) is 66.2 cm³/mol. The van der Waals surface area contributed by atoms with Gasteiger partial charge < -0.3 is 20.4 Å². The Labute approximate surface area is 107 Å². The first-order valence-electron chi connectivity index (χ1n) is 6.34. The van der Waals surface area contributed by atoms with Gasteiger partial charge in [-0.2, -0.15) is 0 Å². The summed E-state index contributed by atoms with van der Waals surface area (Å²) in [5.41, 5.74) is 0. The number of carbonyl (C=O) groups is 2. The molecule has 0 saturated carbocycles. The lowest BCUT2D eigenvalue weighted by Crippen LogP contribution is -2.51. The van der Waals surface area contributed by atoms with E-state index in [0.29, 0.717) is 24.9 Å². The van der Waals surface area contributed by atoms with Crippen LogP contribution in [-0.4, -0.2) is 52.9 Å². The summed E-state index contributed by atoms with van der Waals surface area (Å²) in [5.74, 6) is 0.0181. The van der Waals surface area contributed by atoms with Crippen LogP contribution in [0.2, 0.25) is 0 Å². The van der Waals surface area contributed by atoms with Crippen LogP contribution < -0.4 is 5.32 Å². The number of piperidine rings is 1. The summed E-state index contributed by atoms with van der Waals surface area (Å²) in [6.45, 7) is 5.04. The molecule has 1 atom stereocenters. The van der Waals surface area contributed by atoms with E-state index in [2.05, 4.69) is 19.2 Å². The predicted octanol–water partition coefficient (Wildman–Crippen LogP) is 0.509. The van der Waals surface area contributed by atoms with Gasteiger partial charge in [-0.25, -0.2) is 9.59 Å². The van der Waals surface area contributed by atoms with Crippen molar-refractivity contribution in [1.82, 2.24) is 10.2 Å². The van der Waals surface area contributed by atoms with Crippen LogP contribution in [0.4, 0.5) is 4.79 Å². The Bertz CT molecular complexity index is 298. The topological polar surface area (TPSA) is 89.9 Å². The molecule has 0 aromatic heterocycles. The number of hydrogen-bond donors (Lipinski definition) is 3. The minimum absolute atomic E-state index is 0.404. The average Bonchev–Trinajstić information content (AvgIpc) is 2.35. The molecular formula is C12H22N2O4. The molecule has 1 saturated heterocycles. The number of carboxylic acid groups (broad SMARTS) is 1. The first-order chi connectivity index (χ1) is 8.45. The number of hydrogen-bond acceptors (Lipinski definition) is 3. The molecule has 0 aromatic carbocycles. The van der Waals surface area contributed by atoms with Gasteiger partial charge in [-0.05, 0) is 24.7 Å². The summed E-state index contributed by atoms with van der Waals surface area (Å²) >= 11 is 0. The number of carbonyl (C=O) groups excluding carboxylic acids is 1. The molecule has 0 bridgehead atoms. The quantitative estimate of drug-likeness (QED) is 0.685. The third-order valence-corrected chi connectivity index (χ3v) is 3.55. The van der Waals surface area contributed by atoms with Gasteiger partial charge in [0.1, 0.15) is 0 Å². The molecule has 0 aliphatic carbocycles. The second-order valence-corrected chi connectivity index (χ2v) is 5.09. The Balaban J connectivity index is 2.42. The number of amides is 2. The molecule has 6 nitrogen and oxygen atoms in total. The van der Waals surface area contributed by atoms with Crippen LogP contribution in [0, 0.1) is 11.8 Å². The number of rotatable bonds is 4. The van der Waals surface area contributed by atoms with Crippen molar-refractivity contribution in [3.05, 3.63) is 0 Å². The summed E-state index contributed by atoms with van der Waals surface area (Å²) < 4.78 is 0. The molecule has 104 valence electrons. The standard InChI is InChI=1S/C12H22N2O4/c1-8(2)9-3-5-14(6-4-9)12(18)13-10(7-15)11(16)17/h8-10,15H,3-7H2,1-2H3,(H,13,18)(H,16,17)/t10-/m1/s1. The van der Waals surface area contributed by atoms with Crippen molar-refractivity contribution in [2.24, 2.45) is 11.8 Å². The Kier molecular flexibility index (Phi) is 5.40. The third-order valence-electron chi connectivity index (χ3n) is 3.55. The molecule has 1 rings (SSSR count). The highest BCUT2D eigenvalue weighted by atomic mass is 16.4. The van der Waals surface area contributed by atoms with Gasteiger partial charge in [-0.15, -0.1) is 0 Å². The Morgan fingerprint density at radius 2 is 1.89 bits per heavy atom. The zero-order chi connectivity index (χ0) is 13.7. The number of nitrogens with one attached hydrogen (secondary N) is 1. The second-order valence-electron chi connectivity index (χ2n) is 5.09. The lowest BCUT2D eigenvalue weighted by Gasteiger charge is -2.34. The molecule has 0 radical (unpaired) electrons. The van der Waals surface area contributed by atoms with Crippen LogP contribution in [0.1, 0.15) is 26.7 Å². The number of aliphatic carboxylic acids is 1. The van der Waals surface area contributed by atoms with Crippen molar-refractivity contribution in [2.45, 2.75) is 32.7 Å². The van der Waals surface area contributed by atoms with Crippen molar-refractivity contribution in [3.63, 3.8) is 0 Å². The number of urea groups is 1. The van der Waals surface area contributed by atoms with Crippen molar-refractivity contribution in [3.8, 4) is 0 Å². The van der Waals surface area contributed by atoms with Gasteiger partial charge in [0, 0.05) is 13.1 Å². The minimum atomic E-state index is -1.22. The van der Waals surface area contributed by atoms with Crippen LogP contribution in [0.3, 0.4) is 0 Å². The Hall–Kier alpha value is -1.30. The highest BCUT2D eigenvalue weighted by Gasteiger charge is 2.27. The van der Waals surface area contributed by atoms with E-state index >= 15 is 0 Å². The van der Waals surface area contributed by atoms with Crippen LogP contribution in [0.5, 0.6) is 0 Å². The molecule has 1 aliphatic rings. The largest absolute Gasteiger partial charge is 0.480 e. The van der Waals surface area contributed by atoms with Gasteiger partial charge >= 0.3 is 12.0 Å². The Morgan fingerprint density at radius 3 is 2.28 bits per heavy atom. The van der Waals surface area contributed by atoms with Crippen molar-refractivity contribution in [2.75, 3.05) is 19.7 Å². The van der Waals surface area contributed by atoms with Crippen molar-refractivity contribution < 1.29 is 19.8 Å². The van der Waals surface area contributed by atoms with Gasteiger partial charge in [-0.1, -0.05) is 13.8 Å². The molecule has 1 aliphatic heterocycles. The fourth-order valence-electron chi connectivity index (χ4n) is 2.20. The molecule has 0 unspecified atom stereocenters. The number of aliphatic hydroxyl groups excluding tert-OH is 1. The molecule has 3 N–H and O–H groups in total. The van der Waals surface area contributed by atoms with Gasteiger partial charge in [0.15, 0.2) is 6.04 Å². The summed E-state index contributed by atoms with van der Waals surface area (Å²) in [6.07, 6.45) is 1.89. The van der Waals surface area contributed by atoms with Gasteiger partial charge in [0.05, 0.1) is 6.61 Å². The van der Waals surface area contributed by atoms with E-state index in [9.17, 15) is 9.59 Å². The monoisotopic (exact) mass is 258 g/mol. The fraction of sp³-hybridized carbons (Fsp3) is 0.833. The lowest BCUT2D eigenvalue weighted by atomic mass is 9.87. The summed E-state index contributed by atoms with van der Waals surface area (Å²) in [5, 5.41) is 19.9. The molecule has 1 fully saturated rings. The first-order valence-corrected chi connectivity index (χ1v) is 6.34. The molecule has 6 heteroatoms. The van der Waals surface area contributed by atoms with Crippen molar-refractivity contribution >= 4 is 12.0 Å². The molecule has 0 aromatic rings. The molecule has 18 heavy (non-hydrogen) atoms. The Morgan fingerprint density at radius 1 is 1.33 bits per heavy atom. The average molecular weight is 258 g/mol. The maximum atomic E-state index is 11.8. The smallest absolute Gasteiger partial charge is 0.328 e. The number of carboxylic acids is 1. The van der Waals surface area contributed by atoms with E-state index in [1.54, 1.807) is 4.90 Å². The molecule has 0 spiro atoms. The normalized spacial score (nSPS) is 18.8. The SMILES string of the molecule is CC(C)C1CCN(C(=O)N[C@H](CO)C(=O)O)CC1. The maximum Gasteiger partial charge on any atom is 0.328 e. The van der Waals surface area contributed by atoms with Crippen LogP contribution in [0.15, 0.2) is 0 Å². The van der Waals surface area contributed by atoms with Crippen LogP contribution >= 0.6 is 0 Å². The highest BCUT2D eigenvalue weighted by molar-refractivity contribution is 5.82. The zero-order valence-corrected chi connectivity index (χ0v) is 10.9. The second kappa shape index (κ2) is 6.58. The first kappa shape index (κ1) is 14.8. The summed E-state index contributed by atoms with van der Waals surface area (Å²) in [6, 6.07) is -1.63. The fourth-order valence-corrected chi connectivity index (χ4v) is 2.20. The van der Waals surface area contributed by atoms with Gasteiger partial charge in [0.25, 0.3) is 0 Å². The number of likely N-dealkylation sites (tertiary alicyclic amines) is 1. The van der Waals surface area contributed by atoms with Crippen molar-refractivity contribution in [1.29, 1.82) is 0 Å². The van der Waals surface area contributed by atoms with E-state index in [0.717, 1.165) is 12.8 Å². The molecule has 1 heterocycles. The summed E-state index contributed by atoms with van der Waals surface area (Å²) in [7, 11) is 0. The molecule has 2 amide bonds. The van der Waals surface area contributed by atoms with E-state index in [1.165, 1.54) is 0 Å². The van der Waals surface area contributed by atoms with E-state index < -0.39 is 24.6 Å². The van der Waals surface area contributed by atoms with E-state index in [-0.39, 0.29) is 0 Å². The van der Waals surface area contributed by atoms with Gasteiger partial charge in [-0.3, -0.25) is 0 Å². The highest BCUT2D eigenvalue weighted by Crippen LogP contribution is 2.24. The number of nitrogens with zero attached hydrogens (tertiary/aromatic N) is 1. The molecular weight excluding hydrogens is 236 g/mol. The zero-order valence-electron chi connectivity index (χ0n) is 10.9. The van der Waals surface area contributed by atoms with Crippen LogP contribution in [0.25, 0.3) is 0 Å². The van der Waals surface area contributed by atoms with E-state index in [4.69, 9.17) is 10.2 Å². The van der Waals surface area contributed by atoms with E-state index in [1.807, 2.05) is 0 Å². The maximum absolute atomic E-state index is 11.8. The van der Waals surface area contributed by atoms with Gasteiger partial charge in [0.2, 0.25) is 0 Å². The number of aliphatic hydroxyl groups is 1.